The molecule has 0 saturated carbocycles. The highest BCUT2D eigenvalue weighted by Crippen LogP contribution is 2.27. The second-order valence-electron chi connectivity index (χ2n) is 4.44. The fraction of sp³-hybridized carbons (Fsp3) is 0.0588. The van der Waals surface area contributed by atoms with Crippen molar-refractivity contribution < 1.29 is 9.53 Å². The first kappa shape index (κ1) is 12.4. The van der Waals surface area contributed by atoms with Gasteiger partial charge >= 0.3 is 0 Å². The predicted octanol–water partition coefficient (Wildman–Crippen LogP) is 3.63. The van der Waals surface area contributed by atoms with E-state index in [4.69, 9.17) is 4.74 Å². The van der Waals surface area contributed by atoms with Crippen LogP contribution in [0.25, 0.3) is 10.9 Å². The average Bonchev–Trinajstić information content (AvgIpc) is 2.53. The first-order valence-corrected chi connectivity index (χ1v) is 6.38. The Morgan fingerprint density at radius 2 is 1.85 bits per heavy atom. The van der Waals surface area contributed by atoms with Gasteiger partial charge in [-0.05, 0) is 23.8 Å². The van der Waals surface area contributed by atoms with Crippen molar-refractivity contribution >= 4 is 17.2 Å². The van der Waals surface area contributed by atoms with Crippen LogP contribution in [0.5, 0.6) is 5.75 Å². The lowest BCUT2D eigenvalue weighted by Crippen LogP contribution is -1.97. The molecule has 3 nitrogen and oxygen atoms in total. The van der Waals surface area contributed by atoms with Gasteiger partial charge in [0.05, 0.1) is 10.9 Å². The molecule has 0 N–H and O–H groups in total. The fourth-order valence-corrected chi connectivity index (χ4v) is 2.15. The molecule has 0 spiro atoms. The molecular weight excluding hydrogens is 250 g/mol. The molecule has 0 unspecified atom stereocenters. The van der Waals surface area contributed by atoms with Crippen LogP contribution >= 0.6 is 0 Å². The van der Waals surface area contributed by atoms with Gasteiger partial charge in [0, 0.05) is 11.8 Å². The molecule has 0 radical (unpaired) electrons. The molecule has 0 amide bonds. The van der Waals surface area contributed by atoms with E-state index in [1.54, 1.807) is 12.3 Å². The van der Waals surface area contributed by atoms with Gasteiger partial charge in [0.2, 0.25) is 0 Å². The molecule has 0 saturated heterocycles. The van der Waals surface area contributed by atoms with Crippen LogP contribution in [0.2, 0.25) is 0 Å². The van der Waals surface area contributed by atoms with E-state index in [0.29, 0.717) is 17.9 Å². The van der Waals surface area contributed by atoms with Crippen LogP contribution in [0, 0.1) is 0 Å². The topological polar surface area (TPSA) is 39.2 Å². The number of fused-ring (bicyclic) bond motifs is 1. The van der Waals surface area contributed by atoms with Gasteiger partial charge in [0.25, 0.3) is 0 Å². The smallest absolute Gasteiger partial charge is 0.150 e. The number of carbonyl (C=O) groups excluding carboxylic acids is 1. The van der Waals surface area contributed by atoms with E-state index < -0.39 is 0 Å². The molecule has 3 heteroatoms. The number of aromatic nitrogens is 1. The number of pyridine rings is 1. The molecular formula is C17H13NO2. The van der Waals surface area contributed by atoms with Crippen molar-refractivity contribution in [1.82, 2.24) is 4.98 Å². The molecule has 0 fully saturated rings. The van der Waals surface area contributed by atoms with Crippen molar-refractivity contribution in [1.29, 1.82) is 0 Å². The maximum absolute atomic E-state index is 11.2. The number of hydrogen-bond donors (Lipinski definition) is 0. The molecule has 0 aliphatic heterocycles. The number of aldehydes is 1. The highest BCUT2D eigenvalue weighted by atomic mass is 16.5. The van der Waals surface area contributed by atoms with E-state index in [-0.39, 0.29) is 0 Å². The maximum atomic E-state index is 11.2. The van der Waals surface area contributed by atoms with E-state index in [2.05, 4.69) is 4.98 Å². The number of nitrogens with zero attached hydrogens (tertiary/aromatic N) is 1. The number of hydrogen-bond acceptors (Lipinski definition) is 3. The zero-order chi connectivity index (χ0) is 13.8. The van der Waals surface area contributed by atoms with Gasteiger partial charge in [-0.1, -0.05) is 36.4 Å². The maximum Gasteiger partial charge on any atom is 0.150 e. The van der Waals surface area contributed by atoms with Crippen molar-refractivity contribution in [2.45, 2.75) is 6.61 Å². The van der Waals surface area contributed by atoms with Crippen LogP contribution < -0.4 is 4.74 Å². The standard InChI is InChI=1S/C17H13NO2/c19-11-14-9-10-18-15-7-4-8-16(17(14)15)20-12-13-5-2-1-3-6-13/h1-11H,12H2. The van der Waals surface area contributed by atoms with Gasteiger partial charge in [-0.25, -0.2) is 0 Å². The normalized spacial score (nSPS) is 10.4. The zero-order valence-electron chi connectivity index (χ0n) is 10.8. The van der Waals surface area contributed by atoms with Crippen LogP contribution in [0.3, 0.4) is 0 Å². The summed E-state index contributed by atoms with van der Waals surface area (Å²) in [6.07, 6.45) is 2.46. The molecule has 2 aromatic carbocycles. The monoisotopic (exact) mass is 263 g/mol. The van der Waals surface area contributed by atoms with Gasteiger partial charge in [0.1, 0.15) is 12.4 Å². The first-order chi connectivity index (χ1) is 9.88. The first-order valence-electron chi connectivity index (χ1n) is 6.38. The molecule has 98 valence electrons. The highest BCUT2D eigenvalue weighted by molar-refractivity contribution is 5.99. The van der Waals surface area contributed by atoms with Gasteiger partial charge < -0.3 is 4.74 Å². The summed E-state index contributed by atoms with van der Waals surface area (Å²) in [4.78, 5) is 15.4. The molecule has 3 rings (SSSR count). The summed E-state index contributed by atoms with van der Waals surface area (Å²) >= 11 is 0. The third-order valence-electron chi connectivity index (χ3n) is 3.12. The third kappa shape index (κ3) is 2.38. The quantitative estimate of drug-likeness (QED) is 0.675. The fourth-order valence-electron chi connectivity index (χ4n) is 2.15. The molecule has 0 atom stereocenters. The Labute approximate surface area is 116 Å². The Balaban J connectivity index is 1.97. The zero-order valence-corrected chi connectivity index (χ0v) is 10.8. The second-order valence-corrected chi connectivity index (χ2v) is 4.44. The molecule has 0 bridgehead atoms. The molecule has 20 heavy (non-hydrogen) atoms. The average molecular weight is 263 g/mol. The SMILES string of the molecule is O=Cc1ccnc2cccc(OCc3ccccc3)c12. The predicted molar refractivity (Wildman–Crippen MR) is 77.9 cm³/mol. The van der Waals surface area contributed by atoms with Crippen LogP contribution in [0.1, 0.15) is 15.9 Å². The molecule has 1 aromatic heterocycles. The Hall–Kier alpha value is -2.68. The van der Waals surface area contributed by atoms with Crippen molar-refractivity contribution in [3.05, 3.63) is 71.9 Å². The van der Waals surface area contributed by atoms with Crippen molar-refractivity contribution in [3.63, 3.8) is 0 Å². The molecule has 0 aliphatic rings. The lowest BCUT2D eigenvalue weighted by Gasteiger charge is -2.10. The summed E-state index contributed by atoms with van der Waals surface area (Å²) in [7, 11) is 0. The van der Waals surface area contributed by atoms with Gasteiger partial charge in [-0.15, -0.1) is 0 Å². The number of ether oxygens (including phenoxy) is 1. The van der Waals surface area contributed by atoms with Crippen LogP contribution in [0.4, 0.5) is 0 Å². The second kappa shape index (κ2) is 5.53. The van der Waals surface area contributed by atoms with Gasteiger partial charge in [-0.2, -0.15) is 0 Å². The Morgan fingerprint density at radius 1 is 1.00 bits per heavy atom. The summed E-state index contributed by atoms with van der Waals surface area (Å²) in [5.74, 6) is 0.682. The number of rotatable bonds is 4. The van der Waals surface area contributed by atoms with Gasteiger partial charge in [-0.3, -0.25) is 9.78 Å². The summed E-state index contributed by atoms with van der Waals surface area (Å²) < 4.78 is 5.85. The van der Waals surface area contributed by atoms with Crippen LogP contribution in [-0.2, 0) is 6.61 Å². The summed E-state index contributed by atoms with van der Waals surface area (Å²) in [6, 6.07) is 17.2. The largest absolute Gasteiger partial charge is 0.488 e. The minimum Gasteiger partial charge on any atom is -0.488 e. The van der Waals surface area contributed by atoms with E-state index in [1.807, 2.05) is 48.5 Å². The lowest BCUT2D eigenvalue weighted by atomic mass is 10.1. The van der Waals surface area contributed by atoms with Crippen LogP contribution in [0.15, 0.2) is 60.8 Å². The van der Waals surface area contributed by atoms with Crippen molar-refractivity contribution in [2.75, 3.05) is 0 Å². The summed E-state index contributed by atoms with van der Waals surface area (Å²) in [5, 5.41) is 0.765. The number of carbonyl (C=O) groups is 1. The molecule has 0 aliphatic carbocycles. The van der Waals surface area contributed by atoms with Gasteiger partial charge in [0.15, 0.2) is 6.29 Å². The molecule has 3 aromatic rings. The van der Waals surface area contributed by atoms with Crippen LogP contribution in [-0.4, -0.2) is 11.3 Å². The van der Waals surface area contributed by atoms with Crippen molar-refractivity contribution in [2.24, 2.45) is 0 Å². The number of benzene rings is 2. The summed E-state index contributed by atoms with van der Waals surface area (Å²) in [5.41, 5.74) is 2.44. The lowest BCUT2D eigenvalue weighted by molar-refractivity contribution is 0.112. The molecule has 1 heterocycles. The summed E-state index contributed by atoms with van der Waals surface area (Å²) in [6.45, 7) is 0.465. The minimum atomic E-state index is 0.465. The Bertz CT molecular complexity index is 733. The van der Waals surface area contributed by atoms with E-state index in [9.17, 15) is 4.79 Å². The van der Waals surface area contributed by atoms with E-state index in [0.717, 1.165) is 22.8 Å². The third-order valence-corrected chi connectivity index (χ3v) is 3.12. The van der Waals surface area contributed by atoms with Crippen molar-refractivity contribution in [3.8, 4) is 5.75 Å². The Morgan fingerprint density at radius 3 is 2.65 bits per heavy atom. The Kier molecular flexibility index (Phi) is 3.42. The minimum absolute atomic E-state index is 0.465. The van der Waals surface area contributed by atoms with E-state index >= 15 is 0 Å². The highest BCUT2D eigenvalue weighted by Gasteiger charge is 2.07. The van der Waals surface area contributed by atoms with E-state index in [1.165, 1.54) is 0 Å².